The Morgan fingerprint density at radius 2 is 2.50 bits per heavy atom. The van der Waals surface area contributed by atoms with Gasteiger partial charge < -0.3 is 0 Å². The van der Waals surface area contributed by atoms with E-state index < -0.39 is 0 Å². The first-order chi connectivity index (χ1) is 2.93. The zero-order chi connectivity index (χ0) is 4.41. The van der Waals surface area contributed by atoms with E-state index >= 15 is 0 Å². The lowest BCUT2D eigenvalue weighted by atomic mass is 10.4. The fourth-order valence-electron chi connectivity index (χ4n) is 0.379. The Morgan fingerprint density at radius 3 is 2.67 bits per heavy atom. The molecule has 0 radical (unpaired) electrons. The first-order valence-electron chi connectivity index (χ1n) is 2.16. The third-order valence-corrected chi connectivity index (χ3v) is 2.15. The van der Waals surface area contributed by atoms with Crippen LogP contribution in [0.5, 0.6) is 0 Å². The van der Waals surface area contributed by atoms with Crippen LogP contribution in [0.4, 0.5) is 0 Å². The van der Waals surface area contributed by atoms with E-state index in [-0.39, 0.29) is 0 Å². The van der Waals surface area contributed by atoms with E-state index in [9.17, 15) is 0 Å². The summed E-state index contributed by atoms with van der Waals surface area (Å²) < 4.78 is 0. The normalized spacial score (nSPS) is 30.5. The molecule has 0 amide bonds. The van der Waals surface area contributed by atoms with E-state index in [4.69, 9.17) is 0 Å². The average molecular weight is 120 g/mol. The molecule has 0 aromatic carbocycles. The fourth-order valence-corrected chi connectivity index (χ4v) is 1.45. The number of thioether (sulfide) groups is 1. The predicted octanol–water partition coefficient (Wildman–Crippen LogP) is 1.42. The molecule has 0 spiro atoms. The van der Waals surface area contributed by atoms with E-state index in [1.54, 1.807) is 0 Å². The summed E-state index contributed by atoms with van der Waals surface area (Å²) in [5, 5.41) is 0.988. The highest BCUT2D eigenvalue weighted by Gasteiger charge is 2.20. The van der Waals surface area contributed by atoms with Gasteiger partial charge in [0, 0.05) is 11.0 Å². The molecule has 1 saturated heterocycles. The second kappa shape index (κ2) is 2.12. The Balaban J connectivity index is 1.88. The van der Waals surface area contributed by atoms with E-state index in [0.29, 0.717) is 0 Å². The summed E-state index contributed by atoms with van der Waals surface area (Å²) in [6.07, 6.45) is 1.31. The monoisotopic (exact) mass is 120 g/mol. The SMILES string of the molecule is SCCC1CS1. The molecule has 0 aromatic rings. The summed E-state index contributed by atoms with van der Waals surface area (Å²) in [6, 6.07) is 0. The standard InChI is InChI=1S/C4H8S2/c5-2-1-4-3-6-4/h4-5H,1-3H2. The zero-order valence-corrected chi connectivity index (χ0v) is 5.27. The molecule has 36 valence electrons. The third-order valence-electron chi connectivity index (χ3n) is 0.853. The van der Waals surface area contributed by atoms with Crippen molar-refractivity contribution in [1.29, 1.82) is 0 Å². The van der Waals surface area contributed by atoms with Crippen molar-refractivity contribution in [3.05, 3.63) is 0 Å². The molecule has 0 aliphatic carbocycles. The molecule has 6 heavy (non-hydrogen) atoms. The molecule has 0 bridgehead atoms. The lowest BCUT2D eigenvalue weighted by Gasteiger charge is -1.80. The predicted molar refractivity (Wildman–Crippen MR) is 34.7 cm³/mol. The van der Waals surface area contributed by atoms with Crippen molar-refractivity contribution in [3.63, 3.8) is 0 Å². The van der Waals surface area contributed by atoms with Gasteiger partial charge in [-0.15, -0.1) is 0 Å². The summed E-state index contributed by atoms with van der Waals surface area (Å²) in [6.45, 7) is 0. The highest BCUT2D eigenvalue weighted by atomic mass is 32.2. The second-order valence-electron chi connectivity index (χ2n) is 1.47. The summed E-state index contributed by atoms with van der Waals surface area (Å²) >= 11 is 6.13. The fraction of sp³-hybridized carbons (Fsp3) is 1.00. The number of hydrogen-bond acceptors (Lipinski definition) is 2. The second-order valence-corrected chi connectivity index (χ2v) is 3.25. The van der Waals surface area contributed by atoms with Gasteiger partial charge in [0.25, 0.3) is 0 Å². The van der Waals surface area contributed by atoms with Crippen LogP contribution in [0, 0.1) is 0 Å². The molecule has 1 rings (SSSR count). The van der Waals surface area contributed by atoms with Gasteiger partial charge in [-0.05, 0) is 12.2 Å². The maximum absolute atomic E-state index is 4.09. The van der Waals surface area contributed by atoms with E-state index in [2.05, 4.69) is 12.6 Å². The van der Waals surface area contributed by atoms with Crippen LogP contribution in [0.1, 0.15) is 6.42 Å². The lowest BCUT2D eigenvalue weighted by molar-refractivity contribution is 0.998. The van der Waals surface area contributed by atoms with Gasteiger partial charge in [-0.25, -0.2) is 0 Å². The van der Waals surface area contributed by atoms with Crippen molar-refractivity contribution >= 4 is 24.4 Å². The highest BCUT2D eigenvalue weighted by molar-refractivity contribution is 8.06. The molecule has 0 aromatic heterocycles. The maximum Gasteiger partial charge on any atom is 0.0146 e. The van der Waals surface area contributed by atoms with Gasteiger partial charge in [-0.1, -0.05) is 0 Å². The summed E-state index contributed by atoms with van der Waals surface area (Å²) in [7, 11) is 0. The minimum absolute atomic E-state index is 0.988. The van der Waals surface area contributed by atoms with Crippen LogP contribution in [-0.4, -0.2) is 16.8 Å². The molecule has 0 nitrogen and oxygen atoms in total. The van der Waals surface area contributed by atoms with E-state index in [1.165, 1.54) is 12.2 Å². The van der Waals surface area contributed by atoms with Crippen molar-refractivity contribution in [3.8, 4) is 0 Å². The van der Waals surface area contributed by atoms with Gasteiger partial charge in [-0.3, -0.25) is 0 Å². The molecular formula is C4H8S2. The van der Waals surface area contributed by atoms with Crippen LogP contribution in [0.3, 0.4) is 0 Å². The Labute approximate surface area is 48.1 Å². The van der Waals surface area contributed by atoms with Crippen molar-refractivity contribution in [2.75, 3.05) is 11.5 Å². The van der Waals surface area contributed by atoms with Gasteiger partial charge >= 0.3 is 0 Å². The van der Waals surface area contributed by atoms with E-state index in [1.807, 2.05) is 11.8 Å². The summed E-state index contributed by atoms with van der Waals surface area (Å²) in [5.74, 6) is 2.46. The topological polar surface area (TPSA) is 0 Å². The smallest absolute Gasteiger partial charge is 0.0146 e. The van der Waals surface area contributed by atoms with Crippen molar-refractivity contribution in [2.45, 2.75) is 11.7 Å². The van der Waals surface area contributed by atoms with Crippen molar-refractivity contribution in [1.82, 2.24) is 0 Å². The molecule has 0 N–H and O–H groups in total. The van der Waals surface area contributed by atoms with Crippen LogP contribution in [-0.2, 0) is 0 Å². The number of hydrogen-bond donors (Lipinski definition) is 1. The molecule has 1 unspecified atom stereocenters. The molecule has 2 heteroatoms. The molecule has 1 atom stereocenters. The van der Waals surface area contributed by atoms with Gasteiger partial charge in [-0.2, -0.15) is 24.4 Å². The minimum atomic E-state index is 0.988. The number of rotatable bonds is 2. The lowest BCUT2D eigenvalue weighted by Crippen LogP contribution is -1.80. The first kappa shape index (κ1) is 4.85. The van der Waals surface area contributed by atoms with Crippen LogP contribution >= 0.6 is 24.4 Å². The van der Waals surface area contributed by atoms with Crippen LogP contribution in [0.2, 0.25) is 0 Å². The molecule has 1 fully saturated rings. The Bertz CT molecular complexity index is 40.8. The van der Waals surface area contributed by atoms with Crippen LogP contribution < -0.4 is 0 Å². The zero-order valence-electron chi connectivity index (χ0n) is 3.55. The van der Waals surface area contributed by atoms with Gasteiger partial charge in [0.1, 0.15) is 0 Å². The van der Waals surface area contributed by atoms with Gasteiger partial charge in [0.15, 0.2) is 0 Å². The Hall–Kier alpha value is 0.700. The third kappa shape index (κ3) is 1.43. The molecule has 1 aliphatic heterocycles. The average Bonchev–Trinajstić information content (AvgIpc) is 2.21. The molecular weight excluding hydrogens is 112 g/mol. The minimum Gasteiger partial charge on any atom is -0.179 e. The molecule has 1 heterocycles. The molecule has 1 aliphatic rings. The van der Waals surface area contributed by atoms with Gasteiger partial charge in [0.05, 0.1) is 0 Å². The summed E-state index contributed by atoms with van der Waals surface area (Å²) in [5.41, 5.74) is 0. The number of thiol groups is 1. The quantitative estimate of drug-likeness (QED) is 0.425. The molecule has 0 saturated carbocycles. The van der Waals surface area contributed by atoms with Crippen molar-refractivity contribution < 1.29 is 0 Å². The van der Waals surface area contributed by atoms with Crippen LogP contribution in [0.25, 0.3) is 0 Å². The first-order valence-corrected chi connectivity index (χ1v) is 3.84. The largest absolute Gasteiger partial charge is 0.179 e. The van der Waals surface area contributed by atoms with Crippen molar-refractivity contribution in [2.24, 2.45) is 0 Å². The summed E-state index contributed by atoms with van der Waals surface area (Å²) in [4.78, 5) is 0. The van der Waals surface area contributed by atoms with E-state index in [0.717, 1.165) is 11.0 Å². The highest BCUT2D eigenvalue weighted by Crippen LogP contribution is 2.32. The van der Waals surface area contributed by atoms with Crippen LogP contribution in [0.15, 0.2) is 0 Å². The Morgan fingerprint density at radius 1 is 1.83 bits per heavy atom. The van der Waals surface area contributed by atoms with Gasteiger partial charge in [0.2, 0.25) is 0 Å². The Kier molecular flexibility index (Phi) is 1.72. The maximum atomic E-state index is 4.09.